The van der Waals surface area contributed by atoms with Crippen LogP contribution in [0.25, 0.3) is 0 Å². The number of anilines is 2. The van der Waals surface area contributed by atoms with Gasteiger partial charge in [0, 0.05) is 30.4 Å². The maximum atomic E-state index is 12.0. The smallest absolute Gasteiger partial charge is 0.330 e. The molecule has 1 aromatic carbocycles. The van der Waals surface area contributed by atoms with Gasteiger partial charge in [-0.1, -0.05) is 12.1 Å². The first-order chi connectivity index (χ1) is 11.9. The molecule has 0 saturated carbocycles. The number of benzene rings is 1. The molecule has 5 nitrogen and oxygen atoms in total. The number of hydroxylamine groups is 2. The molecule has 1 aromatic heterocycles. The molecule has 25 heavy (non-hydrogen) atoms. The van der Waals surface area contributed by atoms with Crippen LogP contribution in [-0.2, 0) is 9.63 Å². The van der Waals surface area contributed by atoms with E-state index in [2.05, 4.69) is 34.6 Å². The van der Waals surface area contributed by atoms with E-state index in [1.54, 1.807) is 17.5 Å². The summed E-state index contributed by atoms with van der Waals surface area (Å²) in [6.07, 6.45) is 3.77. The van der Waals surface area contributed by atoms with Crippen LogP contribution < -0.4 is 5.32 Å². The summed E-state index contributed by atoms with van der Waals surface area (Å²) >= 11 is 1.59. The van der Waals surface area contributed by atoms with E-state index in [9.17, 15) is 4.79 Å². The van der Waals surface area contributed by atoms with Crippen molar-refractivity contribution in [1.82, 2.24) is 10.0 Å². The van der Waals surface area contributed by atoms with Crippen LogP contribution >= 0.6 is 11.3 Å². The second-order valence-electron chi connectivity index (χ2n) is 7.42. The van der Waals surface area contributed by atoms with Crippen molar-refractivity contribution in [2.75, 3.05) is 18.4 Å². The Bertz CT molecular complexity index is 702. The third-order valence-corrected chi connectivity index (χ3v) is 5.01. The molecule has 1 aliphatic heterocycles. The summed E-state index contributed by atoms with van der Waals surface area (Å²) in [5.41, 5.74) is 1.92. The van der Waals surface area contributed by atoms with Crippen LogP contribution in [-0.4, -0.2) is 29.1 Å². The number of thiazole rings is 1. The topological polar surface area (TPSA) is 54.5 Å². The highest BCUT2D eigenvalue weighted by atomic mass is 32.1. The average Bonchev–Trinajstić information content (AvgIpc) is 3.08. The summed E-state index contributed by atoms with van der Waals surface area (Å²) in [7, 11) is 0. The molecule has 6 heteroatoms. The third-order valence-electron chi connectivity index (χ3n) is 4.32. The SMILES string of the molecule is CC(C)(C)C(=O)ON1CCC(c2cccc(Nc3nccs3)c2)CC1. The Balaban J connectivity index is 1.57. The number of nitrogens with one attached hydrogen (secondary N) is 1. The molecule has 1 fully saturated rings. The molecule has 3 rings (SSSR count). The van der Waals surface area contributed by atoms with E-state index < -0.39 is 5.41 Å². The minimum atomic E-state index is -0.466. The average molecular weight is 359 g/mol. The molecule has 0 radical (unpaired) electrons. The highest BCUT2D eigenvalue weighted by Gasteiger charge is 2.28. The molecule has 1 aliphatic rings. The fraction of sp³-hybridized carbons (Fsp3) is 0.474. The number of nitrogens with zero attached hydrogens (tertiary/aromatic N) is 2. The monoisotopic (exact) mass is 359 g/mol. The van der Waals surface area contributed by atoms with Crippen LogP contribution in [0, 0.1) is 5.41 Å². The molecule has 0 bridgehead atoms. The van der Waals surface area contributed by atoms with Gasteiger partial charge < -0.3 is 10.2 Å². The van der Waals surface area contributed by atoms with Gasteiger partial charge >= 0.3 is 5.97 Å². The van der Waals surface area contributed by atoms with Gasteiger partial charge in [-0.3, -0.25) is 0 Å². The largest absolute Gasteiger partial charge is 0.367 e. The Hall–Kier alpha value is -1.92. The fourth-order valence-corrected chi connectivity index (χ4v) is 3.36. The second kappa shape index (κ2) is 7.54. The molecule has 2 heterocycles. The number of aromatic nitrogens is 1. The molecule has 1 N–H and O–H groups in total. The summed E-state index contributed by atoms with van der Waals surface area (Å²) in [5.74, 6) is 0.322. The minimum absolute atomic E-state index is 0.166. The van der Waals surface area contributed by atoms with Gasteiger partial charge in [-0.2, -0.15) is 0 Å². The summed E-state index contributed by atoms with van der Waals surface area (Å²) in [5, 5.41) is 8.01. The highest BCUT2D eigenvalue weighted by molar-refractivity contribution is 7.13. The van der Waals surface area contributed by atoms with Crippen LogP contribution in [0.1, 0.15) is 45.1 Å². The predicted molar refractivity (Wildman–Crippen MR) is 101 cm³/mol. The molecule has 2 aromatic rings. The van der Waals surface area contributed by atoms with Crippen molar-refractivity contribution >= 4 is 28.1 Å². The Morgan fingerprint density at radius 3 is 2.72 bits per heavy atom. The predicted octanol–water partition coefficient (Wildman–Crippen LogP) is 4.57. The van der Waals surface area contributed by atoms with E-state index in [4.69, 9.17) is 4.84 Å². The summed E-state index contributed by atoms with van der Waals surface area (Å²) in [4.78, 5) is 21.8. The first kappa shape index (κ1) is 17.9. The van der Waals surface area contributed by atoms with Crippen molar-refractivity contribution in [3.63, 3.8) is 0 Å². The zero-order valence-electron chi connectivity index (χ0n) is 15.0. The number of carbonyl (C=O) groups is 1. The highest BCUT2D eigenvalue weighted by Crippen LogP contribution is 2.31. The molecule has 0 spiro atoms. The number of hydrogen-bond donors (Lipinski definition) is 1. The molecular weight excluding hydrogens is 334 g/mol. The molecular formula is C19H25N3O2S. The summed E-state index contributed by atoms with van der Waals surface area (Å²) < 4.78 is 0. The van der Waals surface area contributed by atoms with Crippen molar-refractivity contribution in [2.24, 2.45) is 5.41 Å². The lowest BCUT2D eigenvalue weighted by molar-refractivity contribution is -0.204. The van der Waals surface area contributed by atoms with Crippen molar-refractivity contribution in [2.45, 2.75) is 39.5 Å². The van der Waals surface area contributed by atoms with E-state index >= 15 is 0 Å². The van der Waals surface area contributed by atoms with E-state index in [0.717, 1.165) is 36.8 Å². The quantitative estimate of drug-likeness (QED) is 0.866. The number of carbonyl (C=O) groups excluding carboxylic acids is 1. The van der Waals surface area contributed by atoms with Gasteiger partial charge in [0.2, 0.25) is 0 Å². The van der Waals surface area contributed by atoms with E-state index in [1.807, 2.05) is 31.2 Å². The maximum Gasteiger partial charge on any atom is 0.330 e. The zero-order chi connectivity index (χ0) is 17.9. The Morgan fingerprint density at radius 1 is 1.32 bits per heavy atom. The van der Waals surface area contributed by atoms with Gasteiger partial charge in [0.05, 0.1) is 5.41 Å². The standard InChI is InChI=1S/C19H25N3O2S/c1-19(2,3)17(23)24-22-10-7-14(8-11-22)15-5-4-6-16(13-15)21-18-20-9-12-25-18/h4-6,9,12-14H,7-8,10-11H2,1-3H3,(H,20,21). The van der Waals surface area contributed by atoms with E-state index in [0.29, 0.717) is 5.92 Å². The molecule has 0 amide bonds. The molecule has 134 valence electrons. The van der Waals surface area contributed by atoms with Gasteiger partial charge in [-0.05, 0) is 57.2 Å². The Morgan fingerprint density at radius 2 is 2.08 bits per heavy atom. The second-order valence-corrected chi connectivity index (χ2v) is 8.31. The van der Waals surface area contributed by atoms with Gasteiger partial charge in [-0.25, -0.2) is 9.78 Å². The number of hydrogen-bond acceptors (Lipinski definition) is 6. The van der Waals surface area contributed by atoms with Gasteiger partial charge in [0.15, 0.2) is 5.13 Å². The van der Waals surface area contributed by atoms with Crippen LogP contribution in [0.15, 0.2) is 35.8 Å². The van der Waals surface area contributed by atoms with Crippen LogP contribution in [0.4, 0.5) is 10.8 Å². The van der Waals surface area contributed by atoms with Crippen LogP contribution in [0.5, 0.6) is 0 Å². The lowest BCUT2D eigenvalue weighted by atomic mass is 9.90. The Kier molecular flexibility index (Phi) is 5.39. The summed E-state index contributed by atoms with van der Waals surface area (Å²) in [6, 6.07) is 8.51. The normalized spacial score (nSPS) is 16.6. The third kappa shape index (κ3) is 4.80. The van der Waals surface area contributed by atoms with Gasteiger partial charge in [0.1, 0.15) is 0 Å². The Labute approximate surface area is 153 Å². The number of piperidine rings is 1. The zero-order valence-corrected chi connectivity index (χ0v) is 15.8. The first-order valence-electron chi connectivity index (χ1n) is 8.65. The minimum Gasteiger partial charge on any atom is -0.367 e. The van der Waals surface area contributed by atoms with Crippen molar-refractivity contribution < 1.29 is 9.63 Å². The molecule has 0 unspecified atom stereocenters. The first-order valence-corrected chi connectivity index (χ1v) is 9.53. The van der Waals surface area contributed by atoms with Gasteiger partial charge in [-0.15, -0.1) is 16.4 Å². The van der Waals surface area contributed by atoms with Gasteiger partial charge in [0.25, 0.3) is 0 Å². The van der Waals surface area contributed by atoms with Crippen molar-refractivity contribution in [3.05, 3.63) is 41.4 Å². The van der Waals surface area contributed by atoms with Crippen molar-refractivity contribution in [3.8, 4) is 0 Å². The molecule has 1 saturated heterocycles. The summed E-state index contributed by atoms with van der Waals surface area (Å²) in [6.45, 7) is 7.18. The molecule has 0 atom stereocenters. The number of rotatable bonds is 4. The maximum absolute atomic E-state index is 12.0. The van der Waals surface area contributed by atoms with E-state index in [-0.39, 0.29) is 5.97 Å². The van der Waals surface area contributed by atoms with E-state index in [1.165, 1.54) is 5.56 Å². The molecule has 0 aliphatic carbocycles. The van der Waals surface area contributed by atoms with Crippen molar-refractivity contribution in [1.29, 1.82) is 0 Å². The van der Waals surface area contributed by atoms with Crippen LogP contribution in [0.3, 0.4) is 0 Å². The lowest BCUT2D eigenvalue weighted by Crippen LogP contribution is -2.38. The lowest BCUT2D eigenvalue weighted by Gasteiger charge is -2.32. The fourth-order valence-electron chi connectivity index (χ4n) is 2.81. The van der Waals surface area contributed by atoms with Crippen LogP contribution in [0.2, 0.25) is 0 Å².